The van der Waals surface area contributed by atoms with Gasteiger partial charge in [-0.1, -0.05) is 6.07 Å². The fourth-order valence-electron chi connectivity index (χ4n) is 2.78. The van der Waals surface area contributed by atoms with Crippen molar-refractivity contribution in [1.82, 2.24) is 20.3 Å². The molecule has 7 heteroatoms. The smallest absolute Gasteiger partial charge is 0.225 e. The number of hydrogen-bond acceptors (Lipinski definition) is 6. The number of anilines is 1. The van der Waals surface area contributed by atoms with E-state index in [9.17, 15) is 9.90 Å². The Balaban J connectivity index is 1.45. The number of aryl methyl sites for hydroxylation is 1. The number of aromatic nitrogens is 3. The maximum atomic E-state index is 12.0. The minimum Gasteiger partial charge on any atom is -0.386 e. The molecular formula is C17H21N5O2. The molecule has 0 unspecified atom stereocenters. The van der Waals surface area contributed by atoms with Crippen LogP contribution in [0.25, 0.3) is 0 Å². The molecule has 1 amide bonds. The third-order valence-corrected chi connectivity index (χ3v) is 4.15. The third-order valence-electron chi connectivity index (χ3n) is 4.15. The number of carbonyl (C=O) groups excluding carboxylic acids is 1. The second-order valence-electron chi connectivity index (χ2n) is 6.08. The second kappa shape index (κ2) is 7.35. The highest BCUT2D eigenvalue weighted by atomic mass is 16.3. The van der Waals surface area contributed by atoms with Crippen molar-refractivity contribution < 1.29 is 9.90 Å². The van der Waals surface area contributed by atoms with E-state index in [-0.39, 0.29) is 12.5 Å². The molecule has 1 aliphatic rings. The summed E-state index contributed by atoms with van der Waals surface area (Å²) in [6.45, 7) is 1.33. The molecule has 3 heterocycles. The summed E-state index contributed by atoms with van der Waals surface area (Å²) in [5, 5.41) is 13.5. The summed E-state index contributed by atoms with van der Waals surface area (Å²) >= 11 is 0. The van der Waals surface area contributed by atoms with Crippen LogP contribution in [0.15, 0.2) is 43.0 Å². The van der Waals surface area contributed by atoms with Crippen molar-refractivity contribution in [3.05, 3.63) is 48.5 Å². The molecule has 1 atom stereocenters. The number of hydrogen-bond donors (Lipinski definition) is 2. The van der Waals surface area contributed by atoms with E-state index >= 15 is 0 Å². The zero-order valence-electron chi connectivity index (χ0n) is 13.4. The molecule has 1 aliphatic heterocycles. The molecule has 0 aliphatic carbocycles. The van der Waals surface area contributed by atoms with Gasteiger partial charge in [-0.25, -0.2) is 9.97 Å². The fraction of sp³-hybridized carbons (Fsp3) is 0.412. The van der Waals surface area contributed by atoms with Crippen LogP contribution in [0, 0.1) is 0 Å². The normalized spacial score (nSPS) is 20.1. The van der Waals surface area contributed by atoms with Gasteiger partial charge in [0, 0.05) is 44.3 Å². The van der Waals surface area contributed by atoms with E-state index < -0.39 is 5.60 Å². The van der Waals surface area contributed by atoms with E-state index in [1.165, 1.54) is 0 Å². The van der Waals surface area contributed by atoms with Gasteiger partial charge in [0.25, 0.3) is 0 Å². The van der Waals surface area contributed by atoms with Gasteiger partial charge in [0.15, 0.2) is 0 Å². The van der Waals surface area contributed by atoms with E-state index in [4.69, 9.17) is 0 Å². The standard InChI is InChI=1S/C17H21N5O2/c23-15(5-4-14-3-1-7-18-11-14)21-12-17(24)6-10-22(13-17)16-19-8-2-9-20-16/h1-3,7-9,11,24H,4-6,10,12-13H2,(H,21,23)/t17-/m0/s1. The molecule has 3 rings (SSSR count). The molecule has 126 valence electrons. The van der Waals surface area contributed by atoms with Crippen LogP contribution >= 0.6 is 0 Å². The van der Waals surface area contributed by atoms with Crippen LogP contribution in [-0.4, -0.2) is 51.2 Å². The molecule has 0 spiro atoms. The van der Waals surface area contributed by atoms with Crippen molar-refractivity contribution in [1.29, 1.82) is 0 Å². The molecule has 7 nitrogen and oxygen atoms in total. The average molecular weight is 327 g/mol. The summed E-state index contributed by atoms with van der Waals surface area (Å²) < 4.78 is 0. The lowest BCUT2D eigenvalue weighted by atomic mass is 10.0. The minimum atomic E-state index is -0.941. The Morgan fingerprint density at radius 1 is 1.29 bits per heavy atom. The van der Waals surface area contributed by atoms with Crippen molar-refractivity contribution in [3.8, 4) is 0 Å². The van der Waals surface area contributed by atoms with Crippen molar-refractivity contribution in [2.24, 2.45) is 0 Å². The van der Waals surface area contributed by atoms with Gasteiger partial charge in [0.1, 0.15) is 5.60 Å². The van der Waals surface area contributed by atoms with Gasteiger partial charge in [-0.3, -0.25) is 9.78 Å². The van der Waals surface area contributed by atoms with Gasteiger partial charge >= 0.3 is 0 Å². The van der Waals surface area contributed by atoms with Crippen molar-refractivity contribution >= 4 is 11.9 Å². The van der Waals surface area contributed by atoms with E-state index in [2.05, 4.69) is 20.3 Å². The van der Waals surface area contributed by atoms with Crippen LogP contribution in [0.5, 0.6) is 0 Å². The molecule has 24 heavy (non-hydrogen) atoms. The number of amides is 1. The van der Waals surface area contributed by atoms with Gasteiger partial charge in [0.05, 0.1) is 6.54 Å². The SMILES string of the molecule is O=C(CCc1cccnc1)NC[C@@]1(O)CCN(c2ncccn2)C1. The van der Waals surface area contributed by atoms with E-state index in [1.807, 2.05) is 17.0 Å². The number of carbonyl (C=O) groups is 1. The monoisotopic (exact) mass is 327 g/mol. The van der Waals surface area contributed by atoms with Gasteiger partial charge in [-0.2, -0.15) is 0 Å². The first kappa shape index (κ1) is 16.3. The lowest BCUT2D eigenvalue weighted by Crippen LogP contribution is -2.45. The zero-order valence-corrected chi connectivity index (χ0v) is 13.4. The zero-order chi connectivity index (χ0) is 16.8. The number of rotatable bonds is 6. The number of nitrogens with one attached hydrogen (secondary N) is 1. The van der Waals surface area contributed by atoms with Gasteiger partial charge in [0.2, 0.25) is 11.9 Å². The van der Waals surface area contributed by atoms with Crippen LogP contribution in [0.4, 0.5) is 5.95 Å². The van der Waals surface area contributed by atoms with Crippen LogP contribution in [0.1, 0.15) is 18.4 Å². The maximum absolute atomic E-state index is 12.0. The number of aliphatic hydroxyl groups is 1. The third kappa shape index (κ3) is 4.26. The topological polar surface area (TPSA) is 91.2 Å². The molecule has 0 bridgehead atoms. The summed E-state index contributed by atoms with van der Waals surface area (Å²) in [4.78, 5) is 26.3. The summed E-state index contributed by atoms with van der Waals surface area (Å²) in [5.74, 6) is 0.540. The Hall–Kier alpha value is -2.54. The quantitative estimate of drug-likeness (QED) is 0.806. The highest BCUT2D eigenvalue weighted by Crippen LogP contribution is 2.23. The van der Waals surface area contributed by atoms with E-state index in [0.717, 1.165) is 5.56 Å². The van der Waals surface area contributed by atoms with Gasteiger partial charge in [-0.15, -0.1) is 0 Å². The molecule has 2 aromatic heterocycles. The molecule has 1 fully saturated rings. The molecule has 2 aromatic rings. The predicted molar refractivity (Wildman–Crippen MR) is 89.4 cm³/mol. The number of nitrogens with zero attached hydrogens (tertiary/aromatic N) is 4. The van der Waals surface area contributed by atoms with Crippen LogP contribution in [-0.2, 0) is 11.2 Å². The maximum Gasteiger partial charge on any atom is 0.225 e. The Morgan fingerprint density at radius 3 is 2.88 bits per heavy atom. The lowest BCUT2D eigenvalue weighted by Gasteiger charge is -2.23. The first-order chi connectivity index (χ1) is 11.6. The Kier molecular flexibility index (Phi) is 5.00. The summed E-state index contributed by atoms with van der Waals surface area (Å²) in [5.41, 5.74) is 0.0861. The van der Waals surface area contributed by atoms with Crippen LogP contribution < -0.4 is 10.2 Å². The molecule has 0 saturated carbocycles. The lowest BCUT2D eigenvalue weighted by molar-refractivity contribution is -0.122. The Morgan fingerprint density at radius 2 is 2.12 bits per heavy atom. The summed E-state index contributed by atoms with van der Waals surface area (Å²) in [6, 6.07) is 5.56. The number of pyridine rings is 1. The molecule has 1 saturated heterocycles. The molecule has 2 N–H and O–H groups in total. The first-order valence-corrected chi connectivity index (χ1v) is 8.05. The predicted octanol–water partition coefficient (Wildman–Crippen LogP) is 0.562. The van der Waals surface area contributed by atoms with Gasteiger partial charge < -0.3 is 15.3 Å². The minimum absolute atomic E-state index is 0.0679. The van der Waals surface area contributed by atoms with Crippen LogP contribution in [0.3, 0.4) is 0 Å². The van der Waals surface area contributed by atoms with Crippen molar-refractivity contribution in [2.45, 2.75) is 24.9 Å². The van der Waals surface area contributed by atoms with E-state index in [1.54, 1.807) is 30.9 Å². The van der Waals surface area contributed by atoms with Gasteiger partial charge in [-0.05, 0) is 30.5 Å². The second-order valence-corrected chi connectivity index (χ2v) is 6.08. The Labute approximate surface area is 140 Å². The molecule has 0 aromatic carbocycles. The number of β-amino-alcohol motifs (C(OH)–C–C–N with tert-alkyl or cyclic N) is 1. The molecule has 0 radical (unpaired) electrons. The van der Waals surface area contributed by atoms with E-state index in [0.29, 0.717) is 38.3 Å². The van der Waals surface area contributed by atoms with Crippen molar-refractivity contribution in [2.75, 3.05) is 24.5 Å². The summed E-state index contributed by atoms with van der Waals surface area (Å²) in [6.07, 6.45) is 8.43. The van der Waals surface area contributed by atoms with Crippen molar-refractivity contribution in [3.63, 3.8) is 0 Å². The highest BCUT2D eigenvalue weighted by Gasteiger charge is 2.37. The molecular weight excluding hydrogens is 306 g/mol. The Bertz CT molecular complexity index is 667. The average Bonchev–Trinajstić information content (AvgIpc) is 3.03. The largest absolute Gasteiger partial charge is 0.386 e. The van der Waals surface area contributed by atoms with Crippen LogP contribution in [0.2, 0.25) is 0 Å². The first-order valence-electron chi connectivity index (χ1n) is 8.05. The fourth-order valence-corrected chi connectivity index (χ4v) is 2.78. The highest BCUT2D eigenvalue weighted by molar-refractivity contribution is 5.76. The summed E-state index contributed by atoms with van der Waals surface area (Å²) in [7, 11) is 0.